The van der Waals surface area contributed by atoms with Crippen molar-refractivity contribution in [3.05, 3.63) is 0 Å². The highest BCUT2D eigenvalue weighted by atomic mass is 16.6. The lowest BCUT2D eigenvalue weighted by molar-refractivity contribution is -0.166. The van der Waals surface area contributed by atoms with E-state index < -0.39 is 24.0 Å². The third-order valence-corrected chi connectivity index (χ3v) is 2.25. The molecule has 0 saturated heterocycles. The second-order valence-electron chi connectivity index (χ2n) is 3.75. The molecule has 0 aromatic carbocycles. The molecule has 1 unspecified atom stereocenters. The number of aliphatic hydroxyl groups excluding tert-OH is 1. The predicted octanol–water partition coefficient (Wildman–Crippen LogP) is 0.0893. The minimum Gasteiger partial charge on any atom is -0.465 e. The summed E-state index contributed by atoms with van der Waals surface area (Å²) in [5, 5.41) is 12.8. The number of hydrogen-bond acceptors (Lipinski definition) is 6. The van der Waals surface area contributed by atoms with Crippen LogP contribution in [0.3, 0.4) is 0 Å². The van der Waals surface area contributed by atoms with Gasteiger partial charge in [0.15, 0.2) is 5.92 Å². The molecular formula is C12H23NO5. The molecule has 2 N–H and O–H groups in total. The van der Waals surface area contributed by atoms with Gasteiger partial charge in [-0.1, -0.05) is 6.92 Å². The zero-order valence-electron chi connectivity index (χ0n) is 11.3. The van der Waals surface area contributed by atoms with Gasteiger partial charge in [0.2, 0.25) is 0 Å². The molecule has 0 saturated carbocycles. The second-order valence-corrected chi connectivity index (χ2v) is 3.75. The van der Waals surface area contributed by atoms with Gasteiger partial charge in [0.1, 0.15) is 0 Å². The fraction of sp³-hybridized carbons (Fsp3) is 0.833. The predicted molar refractivity (Wildman–Crippen MR) is 65.9 cm³/mol. The van der Waals surface area contributed by atoms with E-state index in [0.717, 1.165) is 6.42 Å². The molecule has 0 aliphatic rings. The Morgan fingerprint density at radius 1 is 1.11 bits per heavy atom. The van der Waals surface area contributed by atoms with Crippen molar-refractivity contribution in [1.82, 2.24) is 5.32 Å². The molecule has 0 rings (SSSR count). The Kier molecular flexibility index (Phi) is 9.22. The Bertz CT molecular complexity index is 239. The van der Waals surface area contributed by atoms with Crippen molar-refractivity contribution < 1.29 is 24.2 Å². The molecule has 6 heteroatoms. The lowest BCUT2D eigenvalue weighted by Crippen LogP contribution is -2.43. The number of carbonyl (C=O) groups excluding carboxylic acids is 2. The van der Waals surface area contributed by atoms with E-state index in [1.807, 2.05) is 6.92 Å². The van der Waals surface area contributed by atoms with E-state index >= 15 is 0 Å². The minimum absolute atomic E-state index is 0.149. The normalized spacial score (nSPS) is 12.3. The maximum Gasteiger partial charge on any atom is 0.323 e. The largest absolute Gasteiger partial charge is 0.465 e. The Morgan fingerprint density at radius 3 is 2.00 bits per heavy atom. The smallest absolute Gasteiger partial charge is 0.323 e. The van der Waals surface area contributed by atoms with Crippen molar-refractivity contribution in [3.8, 4) is 0 Å². The summed E-state index contributed by atoms with van der Waals surface area (Å²) >= 11 is 0. The molecule has 0 heterocycles. The zero-order valence-corrected chi connectivity index (χ0v) is 11.3. The average molecular weight is 261 g/mol. The second kappa shape index (κ2) is 9.85. The Morgan fingerprint density at radius 2 is 1.61 bits per heavy atom. The van der Waals surface area contributed by atoms with Gasteiger partial charge in [0.05, 0.1) is 19.3 Å². The molecular weight excluding hydrogens is 238 g/mol. The van der Waals surface area contributed by atoms with Crippen LogP contribution in [0.5, 0.6) is 0 Å². The number of carbonyl (C=O) groups is 2. The highest BCUT2D eigenvalue weighted by Gasteiger charge is 2.36. The first-order chi connectivity index (χ1) is 8.58. The third-order valence-electron chi connectivity index (χ3n) is 2.25. The highest BCUT2D eigenvalue weighted by Crippen LogP contribution is 2.09. The van der Waals surface area contributed by atoms with Crippen molar-refractivity contribution in [2.45, 2.75) is 33.3 Å². The summed E-state index contributed by atoms with van der Waals surface area (Å²) in [6, 6.07) is 0. The molecule has 0 fully saturated rings. The number of esters is 2. The maximum absolute atomic E-state index is 11.6. The van der Waals surface area contributed by atoms with Crippen molar-refractivity contribution in [1.29, 1.82) is 0 Å². The van der Waals surface area contributed by atoms with Gasteiger partial charge in [-0.25, -0.2) is 0 Å². The first kappa shape index (κ1) is 16.9. The van der Waals surface area contributed by atoms with Gasteiger partial charge < -0.3 is 19.9 Å². The van der Waals surface area contributed by atoms with Gasteiger partial charge in [-0.2, -0.15) is 0 Å². The zero-order chi connectivity index (χ0) is 14.0. The van der Waals surface area contributed by atoms with E-state index in [1.54, 1.807) is 13.8 Å². The quantitative estimate of drug-likeness (QED) is 0.347. The number of nitrogens with one attached hydrogen (secondary N) is 1. The van der Waals surface area contributed by atoms with Gasteiger partial charge >= 0.3 is 11.9 Å². The molecule has 106 valence electrons. The van der Waals surface area contributed by atoms with E-state index in [9.17, 15) is 14.7 Å². The summed E-state index contributed by atoms with van der Waals surface area (Å²) in [7, 11) is 0. The van der Waals surface area contributed by atoms with E-state index in [4.69, 9.17) is 9.47 Å². The van der Waals surface area contributed by atoms with Crippen LogP contribution in [0.25, 0.3) is 0 Å². The third kappa shape index (κ3) is 5.97. The Labute approximate surface area is 108 Å². The van der Waals surface area contributed by atoms with Crippen LogP contribution in [-0.2, 0) is 19.1 Å². The van der Waals surface area contributed by atoms with Crippen LogP contribution in [-0.4, -0.2) is 49.5 Å². The summed E-state index contributed by atoms with van der Waals surface area (Å²) < 4.78 is 9.54. The SMILES string of the molecule is CCCNCC(O)C(C(=O)OCC)C(=O)OCC. The molecule has 0 aromatic heterocycles. The number of hydrogen-bond donors (Lipinski definition) is 2. The van der Waals surface area contributed by atoms with E-state index in [2.05, 4.69) is 5.32 Å². The van der Waals surface area contributed by atoms with Gasteiger partial charge in [-0.05, 0) is 26.8 Å². The lowest BCUT2D eigenvalue weighted by atomic mass is 10.0. The molecule has 6 nitrogen and oxygen atoms in total. The van der Waals surface area contributed by atoms with Crippen molar-refractivity contribution in [2.24, 2.45) is 5.92 Å². The number of rotatable bonds is 9. The van der Waals surface area contributed by atoms with Crippen LogP contribution in [0.4, 0.5) is 0 Å². The van der Waals surface area contributed by atoms with E-state index in [-0.39, 0.29) is 19.8 Å². The Hall–Kier alpha value is -1.14. The summed E-state index contributed by atoms with van der Waals surface area (Å²) in [6.45, 7) is 6.43. The average Bonchev–Trinajstić information content (AvgIpc) is 2.30. The molecule has 1 atom stereocenters. The first-order valence-electron chi connectivity index (χ1n) is 6.30. The Balaban J connectivity index is 4.53. The molecule has 0 aliphatic carbocycles. The maximum atomic E-state index is 11.6. The lowest BCUT2D eigenvalue weighted by Gasteiger charge is -2.20. The summed E-state index contributed by atoms with van der Waals surface area (Å²) in [5.41, 5.74) is 0. The topological polar surface area (TPSA) is 84.9 Å². The van der Waals surface area contributed by atoms with Crippen LogP contribution in [0.1, 0.15) is 27.2 Å². The van der Waals surface area contributed by atoms with Crippen LogP contribution < -0.4 is 5.32 Å². The van der Waals surface area contributed by atoms with Crippen LogP contribution in [0.2, 0.25) is 0 Å². The summed E-state index contributed by atoms with van der Waals surface area (Å²) in [6.07, 6.45) is -0.245. The molecule has 0 bridgehead atoms. The monoisotopic (exact) mass is 261 g/mol. The first-order valence-corrected chi connectivity index (χ1v) is 6.30. The number of ether oxygens (including phenoxy) is 2. The molecule has 0 spiro atoms. The van der Waals surface area contributed by atoms with Crippen molar-refractivity contribution in [3.63, 3.8) is 0 Å². The van der Waals surface area contributed by atoms with Crippen molar-refractivity contribution >= 4 is 11.9 Å². The molecule has 18 heavy (non-hydrogen) atoms. The fourth-order valence-corrected chi connectivity index (χ4v) is 1.42. The molecule has 0 radical (unpaired) electrons. The standard InChI is InChI=1S/C12H23NO5/c1-4-7-13-8-9(14)10(11(15)17-5-2)12(16)18-6-3/h9-10,13-14H,4-8H2,1-3H3. The van der Waals surface area contributed by atoms with Crippen molar-refractivity contribution in [2.75, 3.05) is 26.3 Å². The summed E-state index contributed by atoms with van der Waals surface area (Å²) in [5.74, 6) is -2.78. The van der Waals surface area contributed by atoms with Gasteiger partial charge in [0, 0.05) is 6.54 Å². The van der Waals surface area contributed by atoms with Crippen LogP contribution in [0.15, 0.2) is 0 Å². The fourth-order valence-electron chi connectivity index (χ4n) is 1.42. The van der Waals surface area contributed by atoms with Gasteiger partial charge in [-0.3, -0.25) is 9.59 Å². The highest BCUT2D eigenvalue weighted by molar-refractivity contribution is 5.95. The summed E-state index contributed by atoms with van der Waals surface area (Å²) in [4.78, 5) is 23.2. The van der Waals surface area contributed by atoms with E-state index in [1.165, 1.54) is 0 Å². The van der Waals surface area contributed by atoms with Gasteiger partial charge in [-0.15, -0.1) is 0 Å². The van der Waals surface area contributed by atoms with E-state index in [0.29, 0.717) is 6.54 Å². The van der Waals surface area contributed by atoms with Crippen LogP contribution in [0, 0.1) is 5.92 Å². The molecule has 0 aromatic rings. The van der Waals surface area contributed by atoms with Gasteiger partial charge in [0.25, 0.3) is 0 Å². The van der Waals surface area contributed by atoms with Crippen LogP contribution >= 0.6 is 0 Å². The number of aliphatic hydroxyl groups is 1. The molecule has 0 aliphatic heterocycles. The molecule has 0 amide bonds. The minimum atomic E-state index is -1.28.